The molecule has 1 N–H and O–H groups in total. The van der Waals surface area contributed by atoms with Gasteiger partial charge in [0.05, 0.1) is 6.20 Å². The van der Waals surface area contributed by atoms with E-state index < -0.39 is 11.6 Å². The first-order valence-electron chi connectivity index (χ1n) is 4.35. The lowest BCUT2D eigenvalue weighted by Crippen LogP contribution is -2.07. The molecular formula is C10H12F2N2. The Bertz CT molecular complexity index is 337. The summed E-state index contributed by atoms with van der Waals surface area (Å²) in [5.41, 5.74) is 0.940. The average molecular weight is 198 g/mol. The molecule has 0 radical (unpaired) electrons. The Balaban J connectivity index is 2.63. The maximum atomic E-state index is 13.0. The Morgan fingerprint density at radius 2 is 2.29 bits per heavy atom. The second-order valence-electron chi connectivity index (χ2n) is 2.94. The number of nitrogens with one attached hydrogen (secondary N) is 1. The summed E-state index contributed by atoms with van der Waals surface area (Å²) in [6, 6.07) is 0.796. The zero-order valence-corrected chi connectivity index (χ0v) is 7.98. The molecule has 0 spiro atoms. The Kier molecular flexibility index (Phi) is 3.56. The molecular weight excluding hydrogens is 186 g/mol. The molecule has 1 heterocycles. The molecule has 0 aliphatic carbocycles. The average Bonchev–Trinajstić information content (AvgIpc) is 2.16. The van der Waals surface area contributed by atoms with Gasteiger partial charge in [0.2, 0.25) is 0 Å². The number of hydrogen-bond donors (Lipinski definition) is 1. The van der Waals surface area contributed by atoms with Crippen molar-refractivity contribution < 1.29 is 8.78 Å². The van der Waals surface area contributed by atoms with Crippen LogP contribution in [0.4, 0.5) is 14.6 Å². The molecule has 1 aromatic rings. The summed E-state index contributed by atoms with van der Waals surface area (Å²) in [6.45, 7) is 6.16. The van der Waals surface area contributed by atoms with Gasteiger partial charge in [0.15, 0.2) is 11.6 Å². The third-order valence-corrected chi connectivity index (χ3v) is 1.81. The van der Waals surface area contributed by atoms with E-state index in [2.05, 4.69) is 16.9 Å². The van der Waals surface area contributed by atoms with Crippen LogP contribution in [-0.4, -0.2) is 11.5 Å². The molecule has 0 amide bonds. The Morgan fingerprint density at radius 3 is 2.86 bits per heavy atom. The van der Waals surface area contributed by atoms with Crippen molar-refractivity contribution in [1.29, 1.82) is 0 Å². The molecule has 0 unspecified atom stereocenters. The topological polar surface area (TPSA) is 24.9 Å². The van der Waals surface area contributed by atoms with Gasteiger partial charge in [-0.2, -0.15) is 0 Å². The lowest BCUT2D eigenvalue weighted by atomic mass is 10.2. The molecule has 0 fully saturated rings. The Labute approximate surface area is 81.7 Å². The molecule has 14 heavy (non-hydrogen) atoms. The minimum absolute atomic E-state index is 0.0565. The predicted octanol–water partition coefficient (Wildman–Crippen LogP) is 2.74. The number of rotatable bonds is 4. The van der Waals surface area contributed by atoms with Gasteiger partial charge in [0.1, 0.15) is 5.82 Å². The molecule has 0 atom stereocenters. The number of nitrogens with zero attached hydrogens (tertiary/aromatic N) is 1. The highest BCUT2D eigenvalue weighted by Crippen LogP contribution is 2.11. The lowest BCUT2D eigenvalue weighted by molar-refractivity contribution is 0.576. The largest absolute Gasteiger partial charge is 0.364 e. The first-order valence-corrected chi connectivity index (χ1v) is 4.35. The van der Waals surface area contributed by atoms with Crippen LogP contribution in [0, 0.1) is 11.6 Å². The molecule has 2 nitrogen and oxygen atoms in total. The van der Waals surface area contributed by atoms with Gasteiger partial charge in [-0.25, -0.2) is 13.8 Å². The summed E-state index contributed by atoms with van der Waals surface area (Å²) in [6.07, 6.45) is 1.79. The van der Waals surface area contributed by atoms with Gasteiger partial charge in [0, 0.05) is 12.6 Å². The third kappa shape index (κ3) is 2.80. The smallest absolute Gasteiger partial charge is 0.168 e. The summed E-state index contributed by atoms with van der Waals surface area (Å²) >= 11 is 0. The first kappa shape index (κ1) is 10.6. The zero-order chi connectivity index (χ0) is 10.6. The van der Waals surface area contributed by atoms with Gasteiger partial charge >= 0.3 is 0 Å². The van der Waals surface area contributed by atoms with Gasteiger partial charge in [-0.1, -0.05) is 19.1 Å². The van der Waals surface area contributed by atoms with Gasteiger partial charge < -0.3 is 5.32 Å². The van der Waals surface area contributed by atoms with Gasteiger partial charge in [-0.15, -0.1) is 0 Å². The molecule has 0 saturated heterocycles. The lowest BCUT2D eigenvalue weighted by Gasteiger charge is -2.06. The van der Waals surface area contributed by atoms with Crippen LogP contribution in [0.3, 0.4) is 0 Å². The van der Waals surface area contributed by atoms with E-state index in [4.69, 9.17) is 0 Å². The van der Waals surface area contributed by atoms with Crippen LogP contribution in [0.15, 0.2) is 24.4 Å². The normalized spacial score (nSPS) is 9.93. The molecule has 0 saturated carbocycles. The van der Waals surface area contributed by atoms with E-state index >= 15 is 0 Å². The van der Waals surface area contributed by atoms with E-state index in [1.165, 1.54) is 0 Å². The highest BCUT2D eigenvalue weighted by molar-refractivity contribution is 5.37. The van der Waals surface area contributed by atoms with Gasteiger partial charge in [0.25, 0.3) is 0 Å². The third-order valence-electron chi connectivity index (χ3n) is 1.81. The molecule has 1 rings (SSSR count). The van der Waals surface area contributed by atoms with Crippen LogP contribution in [-0.2, 0) is 0 Å². The monoisotopic (exact) mass is 198 g/mol. The highest BCUT2D eigenvalue weighted by atomic mass is 19.1. The van der Waals surface area contributed by atoms with Crippen molar-refractivity contribution in [3.8, 4) is 0 Å². The Hall–Kier alpha value is -1.45. The standard InChI is InChI=1S/C10H12F2N2/c1-3-7(2)5-13-10-9(12)4-8(11)6-14-10/h4,6H,2-3,5H2,1H3,(H,13,14). The zero-order valence-electron chi connectivity index (χ0n) is 7.98. The number of pyridine rings is 1. The summed E-state index contributed by atoms with van der Waals surface area (Å²) in [4.78, 5) is 3.58. The van der Waals surface area contributed by atoms with Crippen LogP contribution >= 0.6 is 0 Å². The maximum Gasteiger partial charge on any atom is 0.168 e. The van der Waals surface area contributed by atoms with Crippen molar-refractivity contribution in [2.75, 3.05) is 11.9 Å². The van der Waals surface area contributed by atoms with Crippen molar-refractivity contribution in [2.24, 2.45) is 0 Å². The van der Waals surface area contributed by atoms with Crippen LogP contribution < -0.4 is 5.32 Å². The molecule has 0 aliphatic rings. The van der Waals surface area contributed by atoms with Gasteiger partial charge in [-0.05, 0) is 6.42 Å². The van der Waals surface area contributed by atoms with Crippen molar-refractivity contribution in [3.63, 3.8) is 0 Å². The Morgan fingerprint density at radius 1 is 1.57 bits per heavy atom. The van der Waals surface area contributed by atoms with Gasteiger partial charge in [-0.3, -0.25) is 0 Å². The summed E-state index contributed by atoms with van der Waals surface area (Å²) in [7, 11) is 0. The minimum Gasteiger partial charge on any atom is -0.364 e. The maximum absolute atomic E-state index is 13.0. The second-order valence-corrected chi connectivity index (χ2v) is 2.94. The van der Waals surface area contributed by atoms with E-state index in [1.54, 1.807) is 0 Å². The SMILES string of the molecule is C=C(CC)CNc1ncc(F)cc1F. The number of anilines is 1. The molecule has 0 aliphatic heterocycles. The van der Waals surface area contributed by atoms with Crippen molar-refractivity contribution in [2.45, 2.75) is 13.3 Å². The number of aromatic nitrogens is 1. The molecule has 1 aromatic heterocycles. The first-order chi connectivity index (χ1) is 6.63. The minimum atomic E-state index is -0.686. The van der Waals surface area contributed by atoms with E-state index in [0.29, 0.717) is 6.54 Å². The summed E-state index contributed by atoms with van der Waals surface area (Å²) in [5, 5.41) is 2.74. The quantitative estimate of drug-likeness (QED) is 0.752. The van der Waals surface area contributed by atoms with Crippen LogP contribution in [0.5, 0.6) is 0 Å². The summed E-state index contributed by atoms with van der Waals surface area (Å²) < 4.78 is 25.5. The van der Waals surface area contributed by atoms with E-state index in [1.807, 2.05) is 6.92 Å². The van der Waals surface area contributed by atoms with E-state index in [-0.39, 0.29) is 5.82 Å². The fourth-order valence-electron chi connectivity index (χ4n) is 0.878. The highest BCUT2D eigenvalue weighted by Gasteiger charge is 2.04. The number of hydrogen-bond acceptors (Lipinski definition) is 2. The number of halogens is 2. The molecule has 0 aromatic carbocycles. The van der Waals surface area contributed by atoms with E-state index in [0.717, 1.165) is 24.3 Å². The second kappa shape index (κ2) is 4.69. The molecule has 4 heteroatoms. The predicted molar refractivity (Wildman–Crippen MR) is 52.1 cm³/mol. The fraction of sp³-hybridized carbons (Fsp3) is 0.300. The molecule has 76 valence electrons. The van der Waals surface area contributed by atoms with Crippen molar-refractivity contribution in [3.05, 3.63) is 36.0 Å². The fourth-order valence-corrected chi connectivity index (χ4v) is 0.878. The van der Waals surface area contributed by atoms with Crippen LogP contribution in [0.2, 0.25) is 0 Å². The molecule has 0 bridgehead atoms. The van der Waals surface area contributed by atoms with Crippen molar-refractivity contribution >= 4 is 5.82 Å². The van der Waals surface area contributed by atoms with E-state index in [9.17, 15) is 8.78 Å². The van der Waals surface area contributed by atoms with Crippen LogP contribution in [0.25, 0.3) is 0 Å². The van der Waals surface area contributed by atoms with Crippen LogP contribution in [0.1, 0.15) is 13.3 Å². The summed E-state index contributed by atoms with van der Waals surface area (Å²) in [5.74, 6) is -1.31. The van der Waals surface area contributed by atoms with Crippen molar-refractivity contribution in [1.82, 2.24) is 4.98 Å².